The summed E-state index contributed by atoms with van der Waals surface area (Å²) >= 11 is 0. The SMILES string of the molecule is CC(C)C(=O)N1CC[C@H](C)[C@@H](C(=O)C2CC[C@H](C)[C@@H](C(N)=O)C2)C1. The maximum Gasteiger partial charge on any atom is 0.225 e. The summed E-state index contributed by atoms with van der Waals surface area (Å²) in [5.41, 5.74) is 5.52. The first-order chi connectivity index (χ1) is 11.2. The second kappa shape index (κ2) is 7.66. The van der Waals surface area contributed by atoms with E-state index in [4.69, 9.17) is 5.73 Å². The van der Waals surface area contributed by atoms with Crippen molar-refractivity contribution in [1.82, 2.24) is 4.90 Å². The Bertz CT molecular complexity index is 503. The number of ketones is 1. The minimum atomic E-state index is -0.284. The maximum absolute atomic E-state index is 13.1. The Hall–Kier alpha value is -1.39. The number of hydrogen-bond acceptors (Lipinski definition) is 3. The smallest absolute Gasteiger partial charge is 0.225 e. The largest absolute Gasteiger partial charge is 0.369 e. The summed E-state index contributed by atoms with van der Waals surface area (Å²) in [7, 11) is 0. The number of nitrogens with zero attached hydrogens (tertiary/aromatic N) is 1. The van der Waals surface area contributed by atoms with Crippen LogP contribution in [0.5, 0.6) is 0 Å². The van der Waals surface area contributed by atoms with Gasteiger partial charge in [0.25, 0.3) is 0 Å². The number of carbonyl (C=O) groups is 3. The predicted molar refractivity (Wildman–Crippen MR) is 92.9 cm³/mol. The zero-order valence-electron chi connectivity index (χ0n) is 15.5. The summed E-state index contributed by atoms with van der Waals surface area (Å²) in [6.07, 6.45) is 3.17. The second-order valence-corrected chi connectivity index (χ2v) is 8.21. The van der Waals surface area contributed by atoms with Crippen LogP contribution in [0.4, 0.5) is 0 Å². The zero-order valence-corrected chi connectivity index (χ0v) is 15.5. The van der Waals surface area contributed by atoms with E-state index in [0.29, 0.717) is 18.9 Å². The van der Waals surface area contributed by atoms with Gasteiger partial charge in [-0.1, -0.05) is 27.7 Å². The monoisotopic (exact) mass is 336 g/mol. The third kappa shape index (κ3) is 3.98. The van der Waals surface area contributed by atoms with Gasteiger partial charge in [0.05, 0.1) is 0 Å². The quantitative estimate of drug-likeness (QED) is 0.855. The molecular weight excluding hydrogens is 304 g/mol. The highest BCUT2D eigenvalue weighted by molar-refractivity contribution is 5.86. The molecule has 1 unspecified atom stereocenters. The molecule has 1 aliphatic carbocycles. The number of nitrogens with two attached hydrogens (primary N) is 1. The first-order valence-electron chi connectivity index (χ1n) is 9.34. The molecule has 5 nitrogen and oxygen atoms in total. The lowest BCUT2D eigenvalue weighted by Gasteiger charge is -2.40. The van der Waals surface area contributed by atoms with Crippen LogP contribution in [0.3, 0.4) is 0 Å². The molecule has 136 valence electrons. The van der Waals surface area contributed by atoms with E-state index in [0.717, 1.165) is 25.8 Å². The Morgan fingerprint density at radius 3 is 2.21 bits per heavy atom. The molecule has 5 atom stereocenters. The fraction of sp³-hybridized carbons (Fsp3) is 0.842. The standard InChI is InChI=1S/C19H32N2O3/c1-11(2)19(24)21-8-7-13(4)16(10-21)17(22)14-6-5-12(3)15(9-14)18(20)23/h11-16H,5-10H2,1-4H3,(H2,20,23)/t12-,13-,14?,15-,16-/m0/s1. The van der Waals surface area contributed by atoms with Gasteiger partial charge in [-0.2, -0.15) is 0 Å². The first-order valence-corrected chi connectivity index (χ1v) is 9.34. The number of hydrogen-bond donors (Lipinski definition) is 1. The van der Waals surface area contributed by atoms with Gasteiger partial charge in [-0.05, 0) is 37.5 Å². The van der Waals surface area contributed by atoms with Gasteiger partial charge in [0.1, 0.15) is 5.78 Å². The molecule has 0 aromatic rings. The van der Waals surface area contributed by atoms with E-state index in [1.165, 1.54) is 0 Å². The van der Waals surface area contributed by atoms with Gasteiger partial charge in [-0.15, -0.1) is 0 Å². The molecule has 5 heteroatoms. The summed E-state index contributed by atoms with van der Waals surface area (Å²) in [6, 6.07) is 0. The lowest BCUT2D eigenvalue weighted by atomic mass is 9.69. The molecule has 2 N–H and O–H groups in total. The van der Waals surface area contributed by atoms with Crippen molar-refractivity contribution >= 4 is 17.6 Å². The molecule has 2 aliphatic rings. The molecule has 1 saturated carbocycles. The lowest BCUT2D eigenvalue weighted by Crippen LogP contribution is -2.49. The van der Waals surface area contributed by atoms with Crippen molar-refractivity contribution < 1.29 is 14.4 Å². The van der Waals surface area contributed by atoms with Crippen molar-refractivity contribution in [3.05, 3.63) is 0 Å². The molecular formula is C19H32N2O3. The maximum atomic E-state index is 13.1. The Labute approximate surface area is 145 Å². The number of likely N-dealkylation sites (tertiary alicyclic amines) is 1. The number of Topliss-reactive ketones (excluding diaryl/α,β-unsaturated/α-hetero) is 1. The van der Waals surface area contributed by atoms with E-state index < -0.39 is 0 Å². The summed E-state index contributed by atoms with van der Waals surface area (Å²) < 4.78 is 0. The number of carbonyl (C=O) groups excluding carboxylic acids is 3. The number of rotatable bonds is 4. The van der Waals surface area contributed by atoms with Crippen LogP contribution >= 0.6 is 0 Å². The number of amides is 2. The third-order valence-electron chi connectivity index (χ3n) is 6.09. The summed E-state index contributed by atoms with van der Waals surface area (Å²) in [4.78, 5) is 38.9. The van der Waals surface area contributed by atoms with Crippen LogP contribution in [0.1, 0.15) is 53.4 Å². The Morgan fingerprint density at radius 2 is 1.62 bits per heavy atom. The van der Waals surface area contributed by atoms with Gasteiger partial charge in [0.15, 0.2) is 0 Å². The van der Waals surface area contributed by atoms with E-state index >= 15 is 0 Å². The summed E-state index contributed by atoms with van der Waals surface area (Å²) in [6.45, 7) is 9.23. The van der Waals surface area contributed by atoms with Gasteiger partial charge in [0.2, 0.25) is 11.8 Å². The minimum absolute atomic E-state index is 0.0380. The Balaban J connectivity index is 2.06. The van der Waals surface area contributed by atoms with Gasteiger partial charge in [-0.25, -0.2) is 0 Å². The average molecular weight is 336 g/mol. The normalized spacial score (nSPS) is 34.2. The van der Waals surface area contributed by atoms with Crippen LogP contribution in [-0.4, -0.2) is 35.6 Å². The Kier molecular flexibility index (Phi) is 6.05. The number of piperidine rings is 1. The predicted octanol–water partition coefficient (Wildman–Crippen LogP) is 2.23. The molecule has 0 aromatic heterocycles. The highest BCUT2D eigenvalue weighted by Crippen LogP contribution is 2.37. The van der Waals surface area contributed by atoms with E-state index in [2.05, 4.69) is 6.92 Å². The van der Waals surface area contributed by atoms with Crippen LogP contribution in [-0.2, 0) is 14.4 Å². The summed E-state index contributed by atoms with van der Waals surface area (Å²) in [5, 5.41) is 0. The van der Waals surface area contributed by atoms with Gasteiger partial charge in [-0.3, -0.25) is 14.4 Å². The van der Waals surface area contributed by atoms with Crippen LogP contribution in [0.25, 0.3) is 0 Å². The van der Waals surface area contributed by atoms with Gasteiger partial charge < -0.3 is 10.6 Å². The van der Waals surface area contributed by atoms with Crippen LogP contribution in [0.15, 0.2) is 0 Å². The van der Waals surface area contributed by atoms with E-state index in [1.54, 1.807) is 0 Å². The van der Waals surface area contributed by atoms with E-state index in [9.17, 15) is 14.4 Å². The van der Waals surface area contributed by atoms with Crippen LogP contribution in [0.2, 0.25) is 0 Å². The molecule has 2 rings (SSSR count). The molecule has 1 aliphatic heterocycles. The fourth-order valence-electron chi connectivity index (χ4n) is 4.28. The molecule has 24 heavy (non-hydrogen) atoms. The highest BCUT2D eigenvalue weighted by Gasteiger charge is 2.40. The van der Waals surface area contributed by atoms with Crippen molar-refractivity contribution in [2.45, 2.75) is 53.4 Å². The van der Waals surface area contributed by atoms with Crippen LogP contribution < -0.4 is 5.73 Å². The third-order valence-corrected chi connectivity index (χ3v) is 6.09. The molecule has 1 saturated heterocycles. The van der Waals surface area contributed by atoms with Gasteiger partial charge >= 0.3 is 0 Å². The first kappa shape index (κ1) is 18.9. The molecule has 2 fully saturated rings. The zero-order chi connectivity index (χ0) is 18.0. The summed E-state index contributed by atoms with van der Waals surface area (Å²) in [5.74, 6) is 0.217. The van der Waals surface area contributed by atoms with E-state index in [-0.39, 0.29) is 47.2 Å². The minimum Gasteiger partial charge on any atom is -0.369 e. The van der Waals surface area contributed by atoms with Crippen molar-refractivity contribution in [2.24, 2.45) is 41.2 Å². The molecule has 0 radical (unpaired) electrons. The molecule has 0 spiro atoms. The van der Waals surface area contributed by atoms with Crippen molar-refractivity contribution in [3.8, 4) is 0 Å². The molecule has 2 amide bonds. The molecule has 1 heterocycles. The van der Waals surface area contributed by atoms with Crippen molar-refractivity contribution in [1.29, 1.82) is 0 Å². The van der Waals surface area contributed by atoms with E-state index in [1.807, 2.05) is 25.7 Å². The molecule has 0 bridgehead atoms. The van der Waals surface area contributed by atoms with Crippen molar-refractivity contribution in [2.75, 3.05) is 13.1 Å². The van der Waals surface area contributed by atoms with Gasteiger partial charge in [0, 0.05) is 36.8 Å². The van der Waals surface area contributed by atoms with Crippen LogP contribution in [0, 0.1) is 35.5 Å². The topological polar surface area (TPSA) is 80.5 Å². The van der Waals surface area contributed by atoms with Crippen molar-refractivity contribution in [3.63, 3.8) is 0 Å². The average Bonchev–Trinajstić information content (AvgIpc) is 2.54. The lowest BCUT2D eigenvalue weighted by molar-refractivity contribution is -0.141. The number of primary amides is 1. The highest BCUT2D eigenvalue weighted by atomic mass is 16.2. The molecule has 0 aromatic carbocycles. The second-order valence-electron chi connectivity index (χ2n) is 8.21. The fourth-order valence-corrected chi connectivity index (χ4v) is 4.28. The Morgan fingerprint density at radius 1 is 1.00 bits per heavy atom.